The summed E-state index contributed by atoms with van der Waals surface area (Å²) >= 11 is 3.53. The van der Waals surface area contributed by atoms with Gasteiger partial charge in [0.2, 0.25) is 0 Å². The molecular weight excluding hydrogens is 278 g/mol. The van der Waals surface area contributed by atoms with Gasteiger partial charge in [-0.2, -0.15) is 0 Å². The molecule has 0 heterocycles. The summed E-state index contributed by atoms with van der Waals surface area (Å²) in [4.78, 5) is 0. The van der Waals surface area contributed by atoms with Crippen LogP contribution in [0.5, 0.6) is 5.75 Å². The first-order valence-corrected chi connectivity index (χ1v) is 7.06. The molecule has 1 aromatic carbocycles. The lowest BCUT2D eigenvalue weighted by Gasteiger charge is -2.26. The van der Waals surface area contributed by atoms with Crippen LogP contribution in [0, 0.1) is 5.92 Å². The SMILES string of the molecule is COc1ccc(CC2CCCC(N)C2)cc1Br. The van der Waals surface area contributed by atoms with Gasteiger partial charge in [-0.3, -0.25) is 0 Å². The molecule has 1 aliphatic carbocycles. The van der Waals surface area contributed by atoms with Crippen LogP contribution in [0.3, 0.4) is 0 Å². The maximum Gasteiger partial charge on any atom is 0.133 e. The number of nitrogens with two attached hydrogens (primary N) is 1. The molecule has 0 saturated heterocycles. The third-order valence-corrected chi connectivity index (χ3v) is 4.18. The van der Waals surface area contributed by atoms with Crippen molar-refractivity contribution < 1.29 is 4.74 Å². The molecule has 0 amide bonds. The van der Waals surface area contributed by atoms with Crippen molar-refractivity contribution >= 4 is 15.9 Å². The molecule has 94 valence electrons. The van der Waals surface area contributed by atoms with Gasteiger partial charge in [-0.05, 0) is 58.8 Å². The van der Waals surface area contributed by atoms with Crippen molar-refractivity contribution in [3.8, 4) is 5.75 Å². The van der Waals surface area contributed by atoms with Crippen molar-refractivity contribution in [2.24, 2.45) is 11.7 Å². The van der Waals surface area contributed by atoms with E-state index in [0.29, 0.717) is 6.04 Å². The summed E-state index contributed by atoms with van der Waals surface area (Å²) in [5.74, 6) is 1.65. The number of hydrogen-bond donors (Lipinski definition) is 1. The second kappa shape index (κ2) is 5.87. The number of benzene rings is 1. The third-order valence-electron chi connectivity index (χ3n) is 3.56. The first kappa shape index (κ1) is 12.9. The van der Waals surface area contributed by atoms with E-state index >= 15 is 0 Å². The first-order valence-electron chi connectivity index (χ1n) is 6.27. The number of methoxy groups -OCH3 is 1. The Kier molecular flexibility index (Phi) is 4.46. The van der Waals surface area contributed by atoms with Gasteiger partial charge in [0.25, 0.3) is 0 Å². The molecule has 2 unspecified atom stereocenters. The number of ether oxygens (including phenoxy) is 1. The van der Waals surface area contributed by atoms with Gasteiger partial charge in [0.15, 0.2) is 0 Å². The van der Waals surface area contributed by atoms with Crippen LogP contribution in [-0.4, -0.2) is 13.2 Å². The molecule has 2 nitrogen and oxygen atoms in total. The highest BCUT2D eigenvalue weighted by Gasteiger charge is 2.19. The minimum absolute atomic E-state index is 0.412. The number of hydrogen-bond acceptors (Lipinski definition) is 2. The summed E-state index contributed by atoms with van der Waals surface area (Å²) in [5, 5.41) is 0. The van der Waals surface area contributed by atoms with E-state index in [2.05, 4.69) is 28.1 Å². The Labute approximate surface area is 112 Å². The number of halogens is 1. The summed E-state index contributed by atoms with van der Waals surface area (Å²) in [6, 6.07) is 6.76. The molecule has 3 heteroatoms. The quantitative estimate of drug-likeness (QED) is 0.926. The van der Waals surface area contributed by atoms with Crippen LogP contribution < -0.4 is 10.5 Å². The van der Waals surface area contributed by atoms with Crippen LogP contribution in [0.15, 0.2) is 22.7 Å². The monoisotopic (exact) mass is 297 g/mol. The molecule has 0 radical (unpaired) electrons. The van der Waals surface area contributed by atoms with Crippen LogP contribution >= 0.6 is 15.9 Å². The molecule has 1 saturated carbocycles. The Morgan fingerprint density at radius 1 is 1.41 bits per heavy atom. The zero-order chi connectivity index (χ0) is 12.3. The smallest absolute Gasteiger partial charge is 0.133 e. The van der Waals surface area contributed by atoms with Crippen LogP contribution in [-0.2, 0) is 6.42 Å². The van der Waals surface area contributed by atoms with Gasteiger partial charge >= 0.3 is 0 Å². The molecule has 0 bridgehead atoms. The minimum atomic E-state index is 0.412. The number of rotatable bonds is 3. The molecule has 2 N–H and O–H groups in total. The largest absolute Gasteiger partial charge is 0.496 e. The van der Waals surface area contributed by atoms with Gasteiger partial charge in [0, 0.05) is 6.04 Å². The van der Waals surface area contributed by atoms with Crippen LogP contribution in [0.25, 0.3) is 0 Å². The van der Waals surface area contributed by atoms with Crippen molar-refractivity contribution in [2.75, 3.05) is 7.11 Å². The predicted molar refractivity (Wildman–Crippen MR) is 74.3 cm³/mol. The fraction of sp³-hybridized carbons (Fsp3) is 0.571. The fourth-order valence-corrected chi connectivity index (χ4v) is 3.28. The molecule has 0 aliphatic heterocycles. The average Bonchev–Trinajstić information content (AvgIpc) is 2.29. The second-order valence-electron chi connectivity index (χ2n) is 4.97. The topological polar surface area (TPSA) is 35.2 Å². The maximum absolute atomic E-state index is 6.03. The van der Waals surface area contributed by atoms with Crippen molar-refractivity contribution in [1.29, 1.82) is 0 Å². The maximum atomic E-state index is 6.03. The first-order chi connectivity index (χ1) is 8.19. The molecule has 0 aromatic heterocycles. The molecule has 2 atom stereocenters. The Morgan fingerprint density at radius 2 is 2.24 bits per heavy atom. The molecule has 1 aromatic rings. The minimum Gasteiger partial charge on any atom is -0.496 e. The van der Waals surface area contributed by atoms with Crippen molar-refractivity contribution in [3.63, 3.8) is 0 Å². The van der Waals surface area contributed by atoms with Crippen LogP contribution in [0.2, 0.25) is 0 Å². The van der Waals surface area contributed by atoms with E-state index in [-0.39, 0.29) is 0 Å². The average molecular weight is 298 g/mol. The molecule has 17 heavy (non-hydrogen) atoms. The van der Waals surface area contributed by atoms with E-state index in [1.54, 1.807) is 7.11 Å². The normalized spacial score (nSPS) is 24.6. The molecule has 2 rings (SSSR count). The summed E-state index contributed by atoms with van der Waals surface area (Å²) in [6.07, 6.45) is 6.10. The Morgan fingerprint density at radius 3 is 2.88 bits per heavy atom. The van der Waals surface area contributed by atoms with Crippen molar-refractivity contribution in [1.82, 2.24) is 0 Å². The summed E-state index contributed by atoms with van der Waals surface area (Å²) < 4.78 is 6.28. The lowest BCUT2D eigenvalue weighted by atomic mass is 9.82. The van der Waals surface area contributed by atoms with Crippen molar-refractivity contribution in [2.45, 2.75) is 38.1 Å². The summed E-state index contributed by atoms with van der Waals surface area (Å²) in [5.41, 5.74) is 7.40. The van der Waals surface area contributed by atoms with Crippen LogP contribution in [0.4, 0.5) is 0 Å². The zero-order valence-corrected chi connectivity index (χ0v) is 11.9. The zero-order valence-electron chi connectivity index (χ0n) is 10.3. The molecule has 0 spiro atoms. The standard InChI is InChI=1S/C14H20BrNO/c1-17-14-6-5-11(9-13(14)15)7-10-3-2-4-12(16)8-10/h5-6,9-10,12H,2-4,7-8,16H2,1H3. The Balaban J connectivity index is 2.00. The Hall–Kier alpha value is -0.540. The van der Waals surface area contributed by atoms with Gasteiger partial charge in [0.1, 0.15) is 5.75 Å². The van der Waals surface area contributed by atoms with E-state index in [0.717, 1.165) is 22.6 Å². The van der Waals surface area contributed by atoms with E-state index in [1.807, 2.05) is 6.07 Å². The lowest BCUT2D eigenvalue weighted by molar-refractivity contribution is 0.320. The third kappa shape index (κ3) is 3.46. The van der Waals surface area contributed by atoms with E-state index in [4.69, 9.17) is 10.5 Å². The fourth-order valence-electron chi connectivity index (χ4n) is 2.69. The Bertz CT molecular complexity index is 380. The van der Waals surface area contributed by atoms with Gasteiger partial charge < -0.3 is 10.5 Å². The highest BCUT2D eigenvalue weighted by molar-refractivity contribution is 9.10. The summed E-state index contributed by atoms with van der Waals surface area (Å²) in [7, 11) is 1.69. The highest BCUT2D eigenvalue weighted by Crippen LogP contribution is 2.30. The lowest BCUT2D eigenvalue weighted by Crippen LogP contribution is -2.28. The highest BCUT2D eigenvalue weighted by atomic mass is 79.9. The van der Waals surface area contributed by atoms with Gasteiger partial charge in [-0.15, -0.1) is 0 Å². The molecule has 1 aliphatic rings. The van der Waals surface area contributed by atoms with E-state index < -0.39 is 0 Å². The predicted octanol–water partition coefficient (Wildman–Crippen LogP) is 3.52. The molecule has 1 fully saturated rings. The van der Waals surface area contributed by atoms with E-state index in [9.17, 15) is 0 Å². The van der Waals surface area contributed by atoms with Gasteiger partial charge in [-0.25, -0.2) is 0 Å². The van der Waals surface area contributed by atoms with Crippen LogP contribution in [0.1, 0.15) is 31.2 Å². The van der Waals surface area contributed by atoms with Gasteiger partial charge in [0.05, 0.1) is 11.6 Å². The summed E-state index contributed by atoms with van der Waals surface area (Å²) in [6.45, 7) is 0. The van der Waals surface area contributed by atoms with Gasteiger partial charge in [-0.1, -0.05) is 18.9 Å². The molecular formula is C14H20BrNO. The van der Waals surface area contributed by atoms with E-state index in [1.165, 1.54) is 31.2 Å². The van der Waals surface area contributed by atoms with Crippen molar-refractivity contribution in [3.05, 3.63) is 28.2 Å². The second-order valence-corrected chi connectivity index (χ2v) is 5.82.